The second-order valence-corrected chi connectivity index (χ2v) is 8.09. The van der Waals surface area contributed by atoms with E-state index in [-0.39, 0.29) is 18.6 Å². The summed E-state index contributed by atoms with van der Waals surface area (Å²) in [7, 11) is 0. The number of carbonyl (C=O) groups excluding carboxylic acids is 1. The van der Waals surface area contributed by atoms with Gasteiger partial charge in [-0.3, -0.25) is 4.79 Å². The summed E-state index contributed by atoms with van der Waals surface area (Å²) in [5, 5.41) is 9.29. The molecule has 8 heteroatoms. The number of hydrogen-bond acceptors (Lipinski definition) is 5. The average molecular weight is 445 g/mol. The molecule has 0 saturated carbocycles. The molecule has 0 aliphatic carbocycles. The first-order valence-electron chi connectivity index (χ1n) is 11.1. The Hall–Kier alpha value is -3.00. The Bertz CT molecular complexity index is 802. The van der Waals surface area contributed by atoms with Crippen molar-refractivity contribution in [3.63, 3.8) is 0 Å². The van der Waals surface area contributed by atoms with Crippen LogP contribution in [0.3, 0.4) is 0 Å². The van der Waals surface area contributed by atoms with Gasteiger partial charge in [-0.25, -0.2) is 4.99 Å². The summed E-state index contributed by atoms with van der Waals surface area (Å²) in [6, 6.07) is 11.2. The molecule has 0 unspecified atom stereocenters. The van der Waals surface area contributed by atoms with Crippen molar-refractivity contribution in [1.82, 2.24) is 10.6 Å². The van der Waals surface area contributed by atoms with Gasteiger partial charge in [0, 0.05) is 25.4 Å². The molecule has 0 bridgehead atoms. The van der Waals surface area contributed by atoms with E-state index < -0.39 is 0 Å². The van der Waals surface area contributed by atoms with E-state index in [1.165, 1.54) is 0 Å². The largest absolute Gasteiger partial charge is 0.491 e. The second kappa shape index (κ2) is 14.1. The SMILES string of the molecule is CC(C)COCCCNC(=NCC(=O)NCc1ccco1)Nc1ccc(OC(C)C)cc1. The Morgan fingerprint density at radius 2 is 1.88 bits per heavy atom. The first-order valence-corrected chi connectivity index (χ1v) is 11.1. The Labute approximate surface area is 190 Å². The van der Waals surface area contributed by atoms with Gasteiger partial charge >= 0.3 is 0 Å². The van der Waals surface area contributed by atoms with Crippen molar-refractivity contribution in [3.8, 4) is 5.75 Å². The number of guanidine groups is 1. The van der Waals surface area contributed by atoms with Crippen molar-refractivity contribution in [2.45, 2.75) is 46.8 Å². The Morgan fingerprint density at radius 1 is 1.09 bits per heavy atom. The van der Waals surface area contributed by atoms with Gasteiger partial charge in [-0.05, 0) is 62.6 Å². The van der Waals surface area contributed by atoms with Crippen LogP contribution in [-0.4, -0.2) is 44.3 Å². The number of anilines is 1. The predicted molar refractivity (Wildman–Crippen MR) is 127 cm³/mol. The minimum absolute atomic E-state index is 0.00552. The highest BCUT2D eigenvalue weighted by Gasteiger charge is 2.06. The first kappa shape index (κ1) is 25.3. The van der Waals surface area contributed by atoms with Gasteiger partial charge in [0.15, 0.2) is 5.96 Å². The summed E-state index contributed by atoms with van der Waals surface area (Å²) in [5.41, 5.74) is 0.847. The van der Waals surface area contributed by atoms with Gasteiger partial charge in [0.1, 0.15) is 18.1 Å². The van der Waals surface area contributed by atoms with Gasteiger partial charge < -0.3 is 29.8 Å². The molecule has 2 rings (SSSR count). The number of hydrogen-bond donors (Lipinski definition) is 3. The highest BCUT2D eigenvalue weighted by molar-refractivity contribution is 5.95. The summed E-state index contributed by atoms with van der Waals surface area (Å²) in [6.07, 6.45) is 2.53. The van der Waals surface area contributed by atoms with Gasteiger partial charge in [-0.1, -0.05) is 13.8 Å². The lowest BCUT2D eigenvalue weighted by Crippen LogP contribution is -2.34. The zero-order chi connectivity index (χ0) is 23.2. The van der Waals surface area contributed by atoms with E-state index in [0.29, 0.717) is 37.3 Å². The number of amides is 1. The van der Waals surface area contributed by atoms with Crippen LogP contribution < -0.4 is 20.7 Å². The molecule has 1 heterocycles. The summed E-state index contributed by atoms with van der Waals surface area (Å²) in [5.74, 6) is 2.35. The van der Waals surface area contributed by atoms with E-state index in [1.54, 1.807) is 12.3 Å². The van der Waals surface area contributed by atoms with Crippen LogP contribution in [0.1, 0.15) is 39.9 Å². The van der Waals surface area contributed by atoms with Crippen molar-refractivity contribution in [3.05, 3.63) is 48.4 Å². The molecule has 3 N–H and O–H groups in total. The molecule has 1 aromatic heterocycles. The van der Waals surface area contributed by atoms with Gasteiger partial charge in [0.05, 0.1) is 18.9 Å². The number of ether oxygens (including phenoxy) is 2. The topological polar surface area (TPSA) is 97.1 Å². The van der Waals surface area contributed by atoms with Crippen LogP contribution in [0.5, 0.6) is 5.75 Å². The third-order valence-corrected chi connectivity index (χ3v) is 4.12. The molecule has 0 saturated heterocycles. The third-order valence-electron chi connectivity index (χ3n) is 4.12. The number of nitrogens with zero attached hydrogens (tertiary/aromatic N) is 1. The van der Waals surface area contributed by atoms with Crippen molar-refractivity contribution in [1.29, 1.82) is 0 Å². The number of rotatable bonds is 13. The highest BCUT2D eigenvalue weighted by atomic mass is 16.5. The quantitative estimate of drug-likeness (QED) is 0.247. The summed E-state index contributed by atoms with van der Waals surface area (Å²) in [4.78, 5) is 16.6. The van der Waals surface area contributed by atoms with Gasteiger partial charge in [0.2, 0.25) is 5.91 Å². The number of aliphatic imine (C=N–C) groups is 1. The summed E-state index contributed by atoms with van der Waals surface area (Å²) in [6.45, 7) is 10.7. The van der Waals surface area contributed by atoms with E-state index in [2.05, 4.69) is 34.8 Å². The fourth-order valence-corrected chi connectivity index (χ4v) is 2.67. The number of carbonyl (C=O) groups is 1. The van der Waals surface area contributed by atoms with Crippen molar-refractivity contribution in [2.75, 3.05) is 31.6 Å². The van der Waals surface area contributed by atoms with Gasteiger partial charge in [-0.2, -0.15) is 0 Å². The molecule has 0 atom stereocenters. The number of benzene rings is 1. The van der Waals surface area contributed by atoms with Crippen LogP contribution in [0.15, 0.2) is 52.1 Å². The molecule has 0 spiro atoms. The molecule has 1 amide bonds. The fourth-order valence-electron chi connectivity index (χ4n) is 2.67. The van der Waals surface area contributed by atoms with Gasteiger partial charge in [-0.15, -0.1) is 0 Å². The zero-order valence-electron chi connectivity index (χ0n) is 19.5. The lowest BCUT2D eigenvalue weighted by atomic mass is 10.2. The smallest absolute Gasteiger partial charge is 0.242 e. The Morgan fingerprint density at radius 3 is 2.53 bits per heavy atom. The molecular formula is C24H36N4O4. The lowest BCUT2D eigenvalue weighted by Gasteiger charge is -2.14. The standard InChI is InChI=1S/C24H36N4O4/c1-18(2)17-30-13-6-12-25-24(27-16-23(29)26-15-22-7-5-14-31-22)28-20-8-10-21(11-9-20)32-19(3)4/h5,7-11,14,18-19H,6,12-13,15-17H2,1-4H3,(H,26,29)(H2,25,27,28). The Balaban J connectivity index is 1.88. The maximum absolute atomic E-state index is 12.2. The molecule has 1 aromatic carbocycles. The Kier molecular flexibility index (Phi) is 11.2. The number of nitrogens with one attached hydrogen (secondary N) is 3. The number of furan rings is 1. The average Bonchev–Trinajstić information content (AvgIpc) is 3.27. The molecule has 0 aliphatic rings. The van der Waals surface area contributed by atoms with Crippen LogP contribution in [-0.2, 0) is 16.1 Å². The van der Waals surface area contributed by atoms with Crippen molar-refractivity contribution < 1.29 is 18.7 Å². The van der Waals surface area contributed by atoms with E-state index in [4.69, 9.17) is 13.9 Å². The predicted octanol–water partition coefficient (Wildman–Crippen LogP) is 3.80. The maximum atomic E-state index is 12.2. The molecule has 32 heavy (non-hydrogen) atoms. The van der Waals surface area contributed by atoms with E-state index in [0.717, 1.165) is 24.5 Å². The lowest BCUT2D eigenvalue weighted by molar-refractivity contribution is -0.119. The molecule has 176 valence electrons. The van der Waals surface area contributed by atoms with Crippen molar-refractivity contribution >= 4 is 17.6 Å². The van der Waals surface area contributed by atoms with Crippen LogP contribution >= 0.6 is 0 Å². The second-order valence-electron chi connectivity index (χ2n) is 8.09. The van der Waals surface area contributed by atoms with Crippen LogP contribution in [0.25, 0.3) is 0 Å². The van der Waals surface area contributed by atoms with Crippen LogP contribution in [0, 0.1) is 5.92 Å². The molecule has 0 aliphatic heterocycles. The molecular weight excluding hydrogens is 408 g/mol. The monoisotopic (exact) mass is 444 g/mol. The normalized spacial score (nSPS) is 11.6. The van der Waals surface area contributed by atoms with Crippen molar-refractivity contribution in [2.24, 2.45) is 10.9 Å². The summed E-state index contributed by atoms with van der Waals surface area (Å²) < 4.78 is 16.5. The van der Waals surface area contributed by atoms with Crippen LogP contribution in [0.2, 0.25) is 0 Å². The molecule has 0 fully saturated rings. The minimum Gasteiger partial charge on any atom is -0.491 e. The maximum Gasteiger partial charge on any atom is 0.242 e. The molecule has 8 nitrogen and oxygen atoms in total. The first-order chi connectivity index (χ1) is 15.4. The van der Waals surface area contributed by atoms with E-state index in [9.17, 15) is 4.79 Å². The highest BCUT2D eigenvalue weighted by Crippen LogP contribution is 2.16. The van der Waals surface area contributed by atoms with Crippen LogP contribution in [0.4, 0.5) is 5.69 Å². The zero-order valence-corrected chi connectivity index (χ0v) is 19.5. The summed E-state index contributed by atoms with van der Waals surface area (Å²) >= 11 is 0. The fraction of sp³-hybridized carbons (Fsp3) is 0.500. The minimum atomic E-state index is -0.191. The molecule has 2 aromatic rings. The van der Waals surface area contributed by atoms with E-state index >= 15 is 0 Å². The van der Waals surface area contributed by atoms with E-state index in [1.807, 2.05) is 44.2 Å². The molecule has 0 radical (unpaired) electrons. The van der Waals surface area contributed by atoms with Gasteiger partial charge in [0.25, 0.3) is 0 Å². The third kappa shape index (κ3) is 10.9.